The minimum Gasteiger partial charge on any atom is -0.465 e. The Labute approximate surface area is 165 Å². The number of hydrogen-bond acceptors (Lipinski definition) is 10. The monoisotopic (exact) mass is 406 g/mol. The standard InChI is InChI=1S/C17H22N6O6/c1-4-26-8(24)5-19-15(25)11-10-12(29-17(2,3)28-10)16(27-11)23-7-22-9-13(18)20-6-21-14(9)23/h6-7,10-12,16H,4-5H2,1-3H3,(H,19,25)(H2,18,20,21)/t10-,11+,12-,16+/m0/s1. The van der Waals surface area contributed by atoms with Gasteiger partial charge in [0.15, 0.2) is 29.6 Å². The zero-order valence-electron chi connectivity index (χ0n) is 16.2. The number of anilines is 1. The molecule has 156 valence electrons. The molecule has 2 aromatic heterocycles. The molecule has 0 aliphatic carbocycles. The molecular formula is C17H22N6O6. The van der Waals surface area contributed by atoms with E-state index in [4.69, 9.17) is 24.7 Å². The van der Waals surface area contributed by atoms with Crippen molar-refractivity contribution in [3.05, 3.63) is 12.7 Å². The fraction of sp³-hybridized carbons (Fsp3) is 0.588. The first-order chi connectivity index (χ1) is 13.8. The van der Waals surface area contributed by atoms with Gasteiger partial charge in [-0.25, -0.2) is 15.0 Å². The van der Waals surface area contributed by atoms with E-state index in [0.29, 0.717) is 11.2 Å². The van der Waals surface area contributed by atoms with Crippen LogP contribution in [0.1, 0.15) is 27.0 Å². The second kappa shape index (κ2) is 7.21. The third-order valence-corrected chi connectivity index (χ3v) is 4.66. The summed E-state index contributed by atoms with van der Waals surface area (Å²) in [6.45, 7) is 5.15. The minimum atomic E-state index is -1.00. The van der Waals surface area contributed by atoms with Gasteiger partial charge in [-0.3, -0.25) is 14.2 Å². The first kappa shape index (κ1) is 19.5. The quantitative estimate of drug-likeness (QED) is 0.622. The van der Waals surface area contributed by atoms with E-state index >= 15 is 0 Å². The molecule has 0 unspecified atom stereocenters. The Morgan fingerprint density at radius 1 is 1.28 bits per heavy atom. The van der Waals surface area contributed by atoms with Crippen LogP contribution in [0.5, 0.6) is 0 Å². The van der Waals surface area contributed by atoms with Crippen molar-refractivity contribution in [2.75, 3.05) is 18.9 Å². The van der Waals surface area contributed by atoms with Gasteiger partial charge in [-0.15, -0.1) is 0 Å². The summed E-state index contributed by atoms with van der Waals surface area (Å²) in [6, 6.07) is 0. The molecule has 2 fully saturated rings. The molecular weight excluding hydrogens is 384 g/mol. The summed E-state index contributed by atoms with van der Waals surface area (Å²) >= 11 is 0. The van der Waals surface area contributed by atoms with Gasteiger partial charge in [-0.1, -0.05) is 0 Å². The predicted molar refractivity (Wildman–Crippen MR) is 97.1 cm³/mol. The largest absolute Gasteiger partial charge is 0.465 e. The van der Waals surface area contributed by atoms with Crippen LogP contribution in [0.2, 0.25) is 0 Å². The Hall–Kier alpha value is -2.83. The van der Waals surface area contributed by atoms with E-state index < -0.39 is 42.2 Å². The molecule has 0 bridgehead atoms. The van der Waals surface area contributed by atoms with E-state index in [-0.39, 0.29) is 19.0 Å². The highest BCUT2D eigenvalue weighted by Crippen LogP contribution is 2.43. The van der Waals surface area contributed by atoms with Gasteiger partial charge >= 0.3 is 5.97 Å². The van der Waals surface area contributed by atoms with Crippen LogP contribution in [-0.2, 0) is 28.5 Å². The predicted octanol–water partition coefficient (Wildman–Crippen LogP) is -0.495. The maximum Gasteiger partial charge on any atom is 0.325 e. The highest BCUT2D eigenvalue weighted by molar-refractivity contribution is 5.86. The molecule has 2 saturated heterocycles. The number of fused-ring (bicyclic) bond motifs is 2. The van der Waals surface area contributed by atoms with Crippen LogP contribution >= 0.6 is 0 Å². The Bertz CT molecular complexity index is 946. The molecule has 0 aromatic carbocycles. The lowest BCUT2D eigenvalue weighted by atomic mass is 10.1. The molecule has 1 amide bonds. The maximum atomic E-state index is 12.7. The van der Waals surface area contributed by atoms with Crippen molar-refractivity contribution < 1.29 is 28.5 Å². The first-order valence-corrected chi connectivity index (χ1v) is 9.18. The van der Waals surface area contributed by atoms with Gasteiger partial charge in [-0.05, 0) is 20.8 Å². The Balaban J connectivity index is 1.60. The number of imidazole rings is 1. The average molecular weight is 406 g/mol. The number of nitrogens with one attached hydrogen (secondary N) is 1. The van der Waals surface area contributed by atoms with Gasteiger partial charge in [0, 0.05) is 0 Å². The minimum absolute atomic E-state index is 0.227. The number of nitrogens with two attached hydrogens (primary N) is 1. The lowest BCUT2D eigenvalue weighted by molar-refractivity contribution is -0.197. The number of carbonyl (C=O) groups excluding carboxylic acids is 2. The van der Waals surface area contributed by atoms with E-state index in [0.717, 1.165) is 0 Å². The maximum absolute atomic E-state index is 12.7. The molecule has 4 rings (SSSR count). The Morgan fingerprint density at radius 3 is 2.79 bits per heavy atom. The number of aromatic nitrogens is 4. The Kier molecular flexibility index (Phi) is 4.84. The third-order valence-electron chi connectivity index (χ3n) is 4.66. The SMILES string of the molecule is CCOC(=O)CNC(=O)[C@@H]1O[C@@H](n2cnc3c(N)ncnc32)[C@H]2OC(C)(C)O[C@H]21. The molecule has 4 heterocycles. The summed E-state index contributed by atoms with van der Waals surface area (Å²) in [6.07, 6.45) is -0.199. The summed E-state index contributed by atoms with van der Waals surface area (Å²) in [5.74, 6) is -1.73. The van der Waals surface area contributed by atoms with E-state index in [1.54, 1.807) is 25.3 Å². The third kappa shape index (κ3) is 3.50. The molecule has 4 atom stereocenters. The summed E-state index contributed by atoms with van der Waals surface area (Å²) < 4.78 is 24.3. The summed E-state index contributed by atoms with van der Waals surface area (Å²) in [5.41, 5.74) is 6.72. The summed E-state index contributed by atoms with van der Waals surface area (Å²) in [5, 5.41) is 2.52. The van der Waals surface area contributed by atoms with Crippen molar-refractivity contribution in [2.24, 2.45) is 0 Å². The van der Waals surface area contributed by atoms with E-state index in [1.165, 1.54) is 12.7 Å². The van der Waals surface area contributed by atoms with Crippen LogP contribution in [0.4, 0.5) is 5.82 Å². The molecule has 0 saturated carbocycles. The lowest BCUT2D eigenvalue weighted by Crippen LogP contribution is -2.44. The number of esters is 1. The average Bonchev–Trinajstić information content (AvgIpc) is 3.31. The number of carbonyl (C=O) groups is 2. The van der Waals surface area contributed by atoms with Crippen LogP contribution in [0.15, 0.2) is 12.7 Å². The van der Waals surface area contributed by atoms with Gasteiger partial charge in [0.05, 0.1) is 12.9 Å². The molecule has 0 spiro atoms. The molecule has 0 radical (unpaired) electrons. The van der Waals surface area contributed by atoms with E-state index in [1.807, 2.05) is 0 Å². The topological polar surface area (TPSA) is 153 Å². The fourth-order valence-electron chi connectivity index (χ4n) is 3.54. The van der Waals surface area contributed by atoms with Gasteiger partial charge in [0.25, 0.3) is 5.91 Å². The molecule has 3 N–H and O–H groups in total. The number of nitrogen functional groups attached to an aromatic ring is 1. The van der Waals surface area contributed by atoms with Crippen LogP contribution in [0.3, 0.4) is 0 Å². The van der Waals surface area contributed by atoms with Gasteiger partial charge in [0.2, 0.25) is 0 Å². The van der Waals surface area contributed by atoms with Crippen molar-refractivity contribution in [1.82, 2.24) is 24.8 Å². The molecule has 2 aromatic rings. The number of nitrogens with zero attached hydrogens (tertiary/aromatic N) is 4. The molecule has 2 aliphatic heterocycles. The van der Waals surface area contributed by atoms with Crippen LogP contribution in [-0.4, -0.2) is 68.6 Å². The smallest absolute Gasteiger partial charge is 0.325 e. The fourth-order valence-corrected chi connectivity index (χ4v) is 3.54. The van der Waals surface area contributed by atoms with Crippen LogP contribution in [0.25, 0.3) is 11.2 Å². The molecule has 2 aliphatic rings. The number of amides is 1. The van der Waals surface area contributed by atoms with E-state index in [9.17, 15) is 9.59 Å². The first-order valence-electron chi connectivity index (χ1n) is 9.18. The highest BCUT2D eigenvalue weighted by atomic mass is 16.8. The van der Waals surface area contributed by atoms with Crippen molar-refractivity contribution in [2.45, 2.75) is 51.1 Å². The van der Waals surface area contributed by atoms with Gasteiger partial charge in [-0.2, -0.15) is 0 Å². The van der Waals surface area contributed by atoms with Crippen LogP contribution in [0, 0.1) is 0 Å². The highest BCUT2D eigenvalue weighted by Gasteiger charge is 2.58. The van der Waals surface area contributed by atoms with Crippen molar-refractivity contribution >= 4 is 28.9 Å². The molecule has 12 heteroatoms. The summed E-state index contributed by atoms with van der Waals surface area (Å²) in [7, 11) is 0. The van der Waals surface area contributed by atoms with Gasteiger partial charge in [0.1, 0.15) is 30.6 Å². The zero-order chi connectivity index (χ0) is 20.8. The lowest BCUT2D eigenvalue weighted by Gasteiger charge is -2.24. The normalized spacial score (nSPS) is 27.7. The molecule has 12 nitrogen and oxygen atoms in total. The van der Waals surface area contributed by atoms with Crippen molar-refractivity contribution in [1.29, 1.82) is 0 Å². The second-order valence-corrected chi connectivity index (χ2v) is 7.12. The van der Waals surface area contributed by atoms with Crippen LogP contribution < -0.4 is 11.1 Å². The van der Waals surface area contributed by atoms with Crippen molar-refractivity contribution in [3.63, 3.8) is 0 Å². The zero-order valence-corrected chi connectivity index (χ0v) is 16.2. The number of hydrogen-bond donors (Lipinski definition) is 2. The molecule has 29 heavy (non-hydrogen) atoms. The summed E-state index contributed by atoms with van der Waals surface area (Å²) in [4.78, 5) is 36.6. The number of rotatable bonds is 5. The van der Waals surface area contributed by atoms with E-state index in [2.05, 4.69) is 20.3 Å². The Morgan fingerprint density at radius 2 is 2.03 bits per heavy atom. The van der Waals surface area contributed by atoms with Gasteiger partial charge < -0.3 is 30.0 Å². The number of ether oxygens (including phenoxy) is 4. The second-order valence-electron chi connectivity index (χ2n) is 7.12. The van der Waals surface area contributed by atoms with Crippen molar-refractivity contribution in [3.8, 4) is 0 Å².